The Kier molecular flexibility index (Phi) is 3.96. The SMILES string of the molecule is CCc1cc(Cl)cc(OC)c1C1=C(C=O)C(C)(C2CC2)NC1=O. The molecule has 2 aliphatic rings. The lowest BCUT2D eigenvalue weighted by atomic mass is 9.85. The maximum absolute atomic E-state index is 12.7. The van der Waals surface area contributed by atoms with Crippen LogP contribution in [0.1, 0.15) is 37.8 Å². The average Bonchev–Trinajstić information content (AvgIpc) is 3.33. The van der Waals surface area contributed by atoms with Gasteiger partial charge in [-0.25, -0.2) is 0 Å². The Morgan fingerprint density at radius 2 is 2.13 bits per heavy atom. The van der Waals surface area contributed by atoms with Crippen LogP contribution in [0.15, 0.2) is 17.7 Å². The molecule has 1 atom stereocenters. The first kappa shape index (κ1) is 16.1. The van der Waals surface area contributed by atoms with Crippen molar-refractivity contribution in [2.24, 2.45) is 5.92 Å². The average molecular weight is 334 g/mol. The molecular formula is C18H20ClNO3. The van der Waals surface area contributed by atoms with Crippen LogP contribution < -0.4 is 10.1 Å². The van der Waals surface area contributed by atoms with E-state index in [9.17, 15) is 9.59 Å². The van der Waals surface area contributed by atoms with Crippen LogP contribution >= 0.6 is 11.6 Å². The van der Waals surface area contributed by atoms with Gasteiger partial charge >= 0.3 is 0 Å². The molecule has 1 saturated carbocycles. The molecule has 1 aromatic carbocycles. The monoisotopic (exact) mass is 333 g/mol. The van der Waals surface area contributed by atoms with Crippen LogP contribution in [0.5, 0.6) is 5.75 Å². The number of carbonyl (C=O) groups excluding carboxylic acids is 2. The first-order valence-corrected chi connectivity index (χ1v) is 8.23. The number of methoxy groups -OCH3 is 1. The summed E-state index contributed by atoms with van der Waals surface area (Å²) in [4.78, 5) is 24.5. The van der Waals surface area contributed by atoms with Crippen LogP contribution in [0.4, 0.5) is 0 Å². The van der Waals surface area contributed by atoms with E-state index < -0.39 is 5.54 Å². The molecule has 3 rings (SSSR count). The molecular weight excluding hydrogens is 314 g/mol. The molecule has 1 amide bonds. The zero-order valence-corrected chi connectivity index (χ0v) is 14.3. The minimum atomic E-state index is -0.580. The van der Waals surface area contributed by atoms with Crippen LogP contribution in [0.2, 0.25) is 5.02 Å². The summed E-state index contributed by atoms with van der Waals surface area (Å²) in [6.07, 6.45) is 3.56. The van der Waals surface area contributed by atoms with E-state index in [0.29, 0.717) is 39.8 Å². The van der Waals surface area contributed by atoms with Gasteiger partial charge in [0.05, 0.1) is 18.2 Å². The molecule has 1 unspecified atom stereocenters. The fourth-order valence-corrected chi connectivity index (χ4v) is 3.75. The summed E-state index contributed by atoms with van der Waals surface area (Å²) in [5, 5.41) is 3.58. The van der Waals surface area contributed by atoms with Gasteiger partial charge in [-0.05, 0) is 49.8 Å². The van der Waals surface area contributed by atoms with Crippen LogP contribution in [0, 0.1) is 5.92 Å². The van der Waals surface area contributed by atoms with Gasteiger partial charge in [-0.2, -0.15) is 0 Å². The highest BCUT2D eigenvalue weighted by atomic mass is 35.5. The fourth-order valence-electron chi connectivity index (χ4n) is 3.52. The molecule has 1 N–H and O–H groups in total. The van der Waals surface area contributed by atoms with Gasteiger partial charge in [0.15, 0.2) is 0 Å². The summed E-state index contributed by atoms with van der Waals surface area (Å²) in [6, 6.07) is 3.51. The zero-order valence-electron chi connectivity index (χ0n) is 13.5. The van der Waals surface area contributed by atoms with E-state index in [0.717, 1.165) is 24.7 Å². The smallest absolute Gasteiger partial charge is 0.253 e. The molecule has 1 aliphatic heterocycles. The zero-order chi connectivity index (χ0) is 16.8. The van der Waals surface area contributed by atoms with Gasteiger partial charge in [0.25, 0.3) is 5.91 Å². The number of aldehydes is 1. The Balaban J connectivity index is 2.27. The normalized spacial score (nSPS) is 23.9. The molecule has 0 aromatic heterocycles. The second-order valence-corrected chi connectivity index (χ2v) is 6.77. The van der Waals surface area contributed by atoms with Crippen molar-refractivity contribution in [3.05, 3.63) is 33.9 Å². The van der Waals surface area contributed by atoms with Gasteiger partial charge < -0.3 is 10.1 Å². The maximum Gasteiger partial charge on any atom is 0.253 e. The summed E-state index contributed by atoms with van der Waals surface area (Å²) in [6.45, 7) is 3.93. The van der Waals surface area contributed by atoms with Crippen molar-refractivity contribution in [3.63, 3.8) is 0 Å². The third-order valence-corrected chi connectivity index (χ3v) is 5.16. The van der Waals surface area contributed by atoms with Crippen molar-refractivity contribution >= 4 is 29.4 Å². The quantitative estimate of drug-likeness (QED) is 0.842. The highest BCUT2D eigenvalue weighted by Gasteiger charge is 2.51. The molecule has 1 heterocycles. The molecule has 5 heteroatoms. The van der Waals surface area contributed by atoms with E-state index in [4.69, 9.17) is 16.3 Å². The maximum atomic E-state index is 12.7. The topological polar surface area (TPSA) is 55.4 Å². The van der Waals surface area contributed by atoms with Crippen LogP contribution in [0.3, 0.4) is 0 Å². The molecule has 0 spiro atoms. The Labute approximate surface area is 140 Å². The number of rotatable bonds is 5. The molecule has 1 aromatic rings. The van der Waals surface area contributed by atoms with Gasteiger partial charge in [0, 0.05) is 16.2 Å². The van der Waals surface area contributed by atoms with Crippen LogP contribution in [-0.4, -0.2) is 24.8 Å². The minimum Gasteiger partial charge on any atom is -0.496 e. The van der Waals surface area contributed by atoms with Crippen molar-refractivity contribution in [3.8, 4) is 5.75 Å². The molecule has 23 heavy (non-hydrogen) atoms. The van der Waals surface area contributed by atoms with Crippen LogP contribution in [0.25, 0.3) is 5.57 Å². The third-order valence-electron chi connectivity index (χ3n) is 4.94. The van der Waals surface area contributed by atoms with E-state index in [1.807, 2.05) is 19.9 Å². The number of hydrogen-bond acceptors (Lipinski definition) is 3. The lowest BCUT2D eigenvalue weighted by molar-refractivity contribution is -0.116. The first-order chi connectivity index (χ1) is 11.0. The van der Waals surface area contributed by atoms with Gasteiger partial charge in [-0.3, -0.25) is 9.59 Å². The summed E-state index contributed by atoms with van der Waals surface area (Å²) in [5.74, 6) is 0.642. The number of nitrogens with one attached hydrogen (secondary N) is 1. The lowest BCUT2D eigenvalue weighted by Crippen LogP contribution is -2.44. The number of ether oxygens (including phenoxy) is 1. The number of carbonyl (C=O) groups is 2. The summed E-state index contributed by atoms with van der Waals surface area (Å²) < 4.78 is 5.45. The molecule has 0 radical (unpaired) electrons. The van der Waals surface area contributed by atoms with E-state index in [2.05, 4.69) is 5.32 Å². The largest absolute Gasteiger partial charge is 0.496 e. The standard InChI is InChI=1S/C18H20ClNO3/c1-4-10-7-12(19)8-14(23-3)15(10)16-13(9-21)18(2,11-5-6-11)20-17(16)22/h7-9,11H,4-6H2,1-3H3,(H,20,22). The Bertz CT molecular complexity index is 696. The molecule has 1 aliphatic carbocycles. The molecule has 0 bridgehead atoms. The molecule has 1 fully saturated rings. The number of benzene rings is 1. The molecule has 122 valence electrons. The van der Waals surface area contributed by atoms with Crippen molar-refractivity contribution < 1.29 is 14.3 Å². The van der Waals surface area contributed by atoms with Gasteiger partial charge in [-0.15, -0.1) is 0 Å². The third kappa shape index (κ3) is 2.45. The predicted octanol–water partition coefficient (Wildman–Crippen LogP) is 3.16. The van der Waals surface area contributed by atoms with E-state index in [-0.39, 0.29) is 5.91 Å². The Hall–Kier alpha value is -1.81. The van der Waals surface area contributed by atoms with E-state index in [1.165, 1.54) is 0 Å². The second kappa shape index (κ2) is 5.68. The summed E-state index contributed by atoms with van der Waals surface area (Å²) in [5.41, 5.74) is 1.96. The highest BCUT2D eigenvalue weighted by Crippen LogP contribution is 2.49. The number of aryl methyl sites for hydroxylation is 1. The number of amides is 1. The molecule has 0 saturated heterocycles. The number of hydrogen-bond donors (Lipinski definition) is 1. The molecule has 4 nitrogen and oxygen atoms in total. The van der Waals surface area contributed by atoms with Crippen molar-refractivity contribution in [2.75, 3.05) is 7.11 Å². The predicted molar refractivity (Wildman–Crippen MR) is 89.6 cm³/mol. The summed E-state index contributed by atoms with van der Waals surface area (Å²) >= 11 is 6.14. The highest BCUT2D eigenvalue weighted by molar-refractivity contribution is 6.32. The minimum absolute atomic E-state index is 0.211. The van der Waals surface area contributed by atoms with Crippen molar-refractivity contribution in [2.45, 2.75) is 38.6 Å². The van der Waals surface area contributed by atoms with Gasteiger partial charge in [0.1, 0.15) is 12.0 Å². The van der Waals surface area contributed by atoms with Crippen molar-refractivity contribution in [1.29, 1.82) is 0 Å². The van der Waals surface area contributed by atoms with Crippen LogP contribution in [-0.2, 0) is 16.0 Å². The summed E-state index contributed by atoms with van der Waals surface area (Å²) in [7, 11) is 1.54. The van der Waals surface area contributed by atoms with E-state index in [1.54, 1.807) is 13.2 Å². The first-order valence-electron chi connectivity index (χ1n) is 7.85. The van der Waals surface area contributed by atoms with E-state index >= 15 is 0 Å². The lowest BCUT2D eigenvalue weighted by Gasteiger charge is -2.25. The fraction of sp³-hybridized carbons (Fsp3) is 0.444. The number of halogens is 1. The Morgan fingerprint density at radius 1 is 1.43 bits per heavy atom. The van der Waals surface area contributed by atoms with Gasteiger partial charge in [-0.1, -0.05) is 18.5 Å². The van der Waals surface area contributed by atoms with Gasteiger partial charge in [0.2, 0.25) is 0 Å². The second-order valence-electron chi connectivity index (χ2n) is 6.33. The van der Waals surface area contributed by atoms with Crippen molar-refractivity contribution in [1.82, 2.24) is 5.32 Å². The Morgan fingerprint density at radius 3 is 2.65 bits per heavy atom.